The van der Waals surface area contributed by atoms with E-state index in [1.165, 1.54) is 11.1 Å². The number of rotatable bonds is 7. The molecule has 0 saturated carbocycles. The Morgan fingerprint density at radius 1 is 0.773 bits per heavy atom. The highest BCUT2D eigenvalue weighted by Crippen LogP contribution is 2.46. The quantitative estimate of drug-likeness (QED) is 0.626. The predicted octanol–water partition coefficient (Wildman–Crippen LogP) is 5.35. The van der Waals surface area contributed by atoms with Crippen LogP contribution in [0.3, 0.4) is 0 Å². The molecular formula is C21H28O. The molecule has 2 aromatic rings. The Bertz CT molecular complexity index is 559. The molecule has 0 aromatic heterocycles. The summed E-state index contributed by atoms with van der Waals surface area (Å²) in [6.45, 7) is 7.93. The second-order valence-corrected chi connectivity index (χ2v) is 6.79. The molecule has 0 spiro atoms. The fourth-order valence-corrected chi connectivity index (χ4v) is 3.37. The molecule has 118 valence electrons. The van der Waals surface area contributed by atoms with Crippen molar-refractivity contribution in [1.29, 1.82) is 0 Å². The average molecular weight is 296 g/mol. The molecule has 0 aliphatic heterocycles. The molecular weight excluding hydrogens is 268 g/mol. The van der Waals surface area contributed by atoms with Crippen LogP contribution in [0.2, 0.25) is 0 Å². The van der Waals surface area contributed by atoms with Gasteiger partial charge in [-0.2, -0.15) is 0 Å². The van der Waals surface area contributed by atoms with E-state index in [1.807, 2.05) is 0 Å². The van der Waals surface area contributed by atoms with E-state index >= 15 is 0 Å². The van der Waals surface area contributed by atoms with Gasteiger partial charge < -0.3 is 4.74 Å². The van der Waals surface area contributed by atoms with Crippen molar-refractivity contribution in [1.82, 2.24) is 0 Å². The molecule has 2 aromatic carbocycles. The van der Waals surface area contributed by atoms with E-state index in [0.717, 1.165) is 19.4 Å². The normalized spacial score (nSPS) is 14.5. The Hall–Kier alpha value is -1.60. The molecule has 1 atom stereocenters. The van der Waals surface area contributed by atoms with Crippen molar-refractivity contribution in [2.24, 2.45) is 0 Å². The van der Waals surface area contributed by atoms with Crippen LogP contribution in [0.4, 0.5) is 0 Å². The van der Waals surface area contributed by atoms with Crippen molar-refractivity contribution in [3.63, 3.8) is 0 Å². The first kappa shape index (κ1) is 16.8. The minimum Gasteiger partial charge on any atom is -0.385 e. The van der Waals surface area contributed by atoms with Crippen LogP contribution in [-0.4, -0.2) is 13.7 Å². The average Bonchev–Trinajstić information content (AvgIpc) is 2.56. The van der Waals surface area contributed by atoms with E-state index in [4.69, 9.17) is 4.74 Å². The third-order valence-corrected chi connectivity index (χ3v) is 5.31. The zero-order valence-electron chi connectivity index (χ0n) is 14.3. The van der Waals surface area contributed by atoms with E-state index < -0.39 is 0 Å². The fraction of sp³-hybridized carbons (Fsp3) is 0.429. The maximum Gasteiger partial charge on any atom is 0.0462 e. The first-order valence-electron chi connectivity index (χ1n) is 8.12. The van der Waals surface area contributed by atoms with Gasteiger partial charge in [-0.25, -0.2) is 0 Å². The molecule has 0 saturated heterocycles. The van der Waals surface area contributed by atoms with Gasteiger partial charge in [-0.05, 0) is 29.4 Å². The minimum absolute atomic E-state index is 0.0450. The highest BCUT2D eigenvalue weighted by molar-refractivity contribution is 5.36. The standard InChI is InChI=1S/C21H28O/c1-20(2,18-12-7-5-8-13-18)21(3,16-11-17-22-4)19-14-9-6-10-15-19/h5-10,12-15H,11,16-17H2,1-4H3. The molecule has 0 bridgehead atoms. The number of methoxy groups -OCH3 is 1. The minimum atomic E-state index is 0.0450. The van der Waals surface area contributed by atoms with Crippen LogP contribution in [0, 0.1) is 0 Å². The highest BCUT2D eigenvalue weighted by atomic mass is 16.5. The number of hydrogen-bond donors (Lipinski definition) is 0. The van der Waals surface area contributed by atoms with Gasteiger partial charge in [0.25, 0.3) is 0 Å². The first-order chi connectivity index (χ1) is 10.5. The molecule has 0 N–H and O–H groups in total. The Morgan fingerprint density at radius 2 is 1.27 bits per heavy atom. The van der Waals surface area contributed by atoms with Gasteiger partial charge in [-0.1, -0.05) is 81.4 Å². The Balaban J connectivity index is 2.43. The van der Waals surface area contributed by atoms with Crippen LogP contribution < -0.4 is 0 Å². The van der Waals surface area contributed by atoms with Gasteiger partial charge in [0.15, 0.2) is 0 Å². The Kier molecular flexibility index (Phi) is 5.42. The molecule has 1 nitrogen and oxygen atoms in total. The number of benzene rings is 2. The first-order valence-corrected chi connectivity index (χ1v) is 8.12. The van der Waals surface area contributed by atoms with Crippen molar-refractivity contribution in [3.05, 3.63) is 71.8 Å². The number of ether oxygens (including phenoxy) is 1. The lowest BCUT2D eigenvalue weighted by Gasteiger charge is -2.46. The lowest BCUT2D eigenvalue weighted by atomic mass is 9.58. The van der Waals surface area contributed by atoms with Gasteiger partial charge in [0.05, 0.1) is 0 Å². The summed E-state index contributed by atoms with van der Waals surface area (Å²) in [6, 6.07) is 21.8. The molecule has 0 aliphatic carbocycles. The van der Waals surface area contributed by atoms with Gasteiger partial charge >= 0.3 is 0 Å². The van der Waals surface area contributed by atoms with E-state index in [-0.39, 0.29) is 10.8 Å². The van der Waals surface area contributed by atoms with Crippen LogP contribution in [0.1, 0.15) is 44.7 Å². The summed E-state index contributed by atoms with van der Waals surface area (Å²) in [7, 11) is 1.78. The molecule has 0 fully saturated rings. The van der Waals surface area contributed by atoms with E-state index in [9.17, 15) is 0 Å². The topological polar surface area (TPSA) is 9.23 Å². The maximum atomic E-state index is 5.29. The van der Waals surface area contributed by atoms with Crippen LogP contribution in [-0.2, 0) is 15.6 Å². The summed E-state index contributed by atoms with van der Waals surface area (Å²) in [5.41, 5.74) is 2.90. The predicted molar refractivity (Wildman–Crippen MR) is 94.4 cm³/mol. The van der Waals surface area contributed by atoms with Gasteiger partial charge in [-0.3, -0.25) is 0 Å². The van der Waals surface area contributed by atoms with Crippen molar-refractivity contribution >= 4 is 0 Å². The fourth-order valence-electron chi connectivity index (χ4n) is 3.37. The zero-order valence-corrected chi connectivity index (χ0v) is 14.3. The largest absolute Gasteiger partial charge is 0.385 e. The summed E-state index contributed by atoms with van der Waals surface area (Å²) in [5.74, 6) is 0. The summed E-state index contributed by atoms with van der Waals surface area (Å²) >= 11 is 0. The van der Waals surface area contributed by atoms with E-state index in [1.54, 1.807) is 7.11 Å². The monoisotopic (exact) mass is 296 g/mol. The van der Waals surface area contributed by atoms with E-state index in [2.05, 4.69) is 81.4 Å². The highest BCUT2D eigenvalue weighted by Gasteiger charge is 2.42. The Morgan fingerprint density at radius 3 is 1.77 bits per heavy atom. The van der Waals surface area contributed by atoms with E-state index in [0.29, 0.717) is 0 Å². The molecule has 1 heteroatoms. The van der Waals surface area contributed by atoms with Gasteiger partial charge in [0.1, 0.15) is 0 Å². The third kappa shape index (κ3) is 3.25. The molecule has 1 unspecified atom stereocenters. The second-order valence-electron chi connectivity index (χ2n) is 6.79. The van der Waals surface area contributed by atoms with Crippen molar-refractivity contribution in [2.75, 3.05) is 13.7 Å². The van der Waals surface area contributed by atoms with Crippen LogP contribution in [0.25, 0.3) is 0 Å². The molecule has 0 heterocycles. The lowest BCUT2D eigenvalue weighted by Crippen LogP contribution is -2.43. The zero-order chi connectivity index (χ0) is 16.1. The summed E-state index contributed by atoms with van der Waals surface area (Å²) < 4.78 is 5.29. The summed E-state index contributed by atoms with van der Waals surface area (Å²) in [5, 5.41) is 0. The molecule has 2 rings (SSSR count). The Labute approximate surface area is 135 Å². The molecule has 0 aliphatic rings. The second kappa shape index (κ2) is 7.11. The number of hydrogen-bond acceptors (Lipinski definition) is 1. The van der Waals surface area contributed by atoms with Gasteiger partial charge in [-0.15, -0.1) is 0 Å². The molecule has 0 amide bonds. The van der Waals surface area contributed by atoms with Crippen molar-refractivity contribution < 1.29 is 4.74 Å². The SMILES string of the molecule is COCCCC(C)(c1ccccc1)C(C)(C)c1ccccc1. The summed E-state index contributed by atoms with van der Waals surface area (Å²) in [6.07, 6.45) is 2.17. The van der Waals surface area contributed by atoms with Gasteiger partial charge in [0, 0.05) is 19.1 Å². The third-order valence-electron chi connectivity index (χ3n) is 5.31. The smallest absolute Gasteiger partial charge is 0.0462 e. The molecule has 22 heavy (non-hydrogen) atoms. The van der Waals surface area contributed by atoms with Gasteiger partial charge in [0.2, 0.25) is 0 Å². The maximum absolute atomic E-state index is 5.29. The van der Waals surface area contributed by atoms with Crippen molar-refractivity contribution in [3.8, 4) is 0 Å². The lowest BCUT2D eigenvalue weighted by molar-refractivity contribution is 0.168. The summed E-state index contributed by atoms with van der Waals surface area (Å²) in [4.78, 5) is 0. The van der Waals surface area contributed by atoms with Crippen LogP contribution in [0.5, 0.6) is 0 Å². The van der Waals surface area contributed by atoms with Crippen LogP contribution in [0.15, 0.2) is 60.7 Å². The molecule has 0 radical (unpaired) electrons. The van der Waals surface area contributed by atoms with Crippen molar-refractivity contribution in [2.45, 2.75) is 44.4 Å². The van der Waals surface area contributed by atoms with Crippen LogP contribution >= 0.6 is 0 Å².